The number of hydrogen-bond donors (Lipinski definition) is 1. The number of nitrogens with zero attached hydrogens (tertiary/aromatic N) is 2. The number of ether oxygens (including phenoxy) is 2. The Bertz CT molecular complexity index is 705. The van der Waals surface area contributed by atoms with Crippen molar-refractivity contribution in [2.75, 3.05) is 34.9 Å². The number of aryl methyl sites for hydroxylation is 1. The number of likely N-dealkylation sites (N-methyl/N-ethyl adjacent to an activating group) is 2. The van der Waals surface area contributed by atoms with Crippen LogP contribution >= 0.6 is 0 Å². The fourth-order valence-electron chi connectivity index (χ4n) is 3.88. The van der Waals surface area contributed by atoms with Gasteiger partial charge in [0.25, 0.3) is 5.91 Å². The average Bonchev–Trinajstić information content (AvgIpc) is 2.68. The highest BCUT2D eigenvalue weighted by Gasteiger charge is 2.39. The lowest BCUT2D eigenvalue weighted by atomic mass is 9.81. The van der Waals surface area contributed by atoms with Crippen molar-refractivity contribution in [3.05, 3.63) is 23.3 Å². The Hall–Kier alpha value is -2.26. The van der Waals surface area contributed by atoms with Gasteiger partial charge in [0, 0.05) is 12.6 Å². The normalized spacial score (nSPS) is 16.9. The van der Waals surface area contributed by atoms with Gasteiger partial charge in [0.15, 0.2) is 18.0 Å². The number of quaternary nitrogens is 1. The Morgan fingerprint density at radius 2 is 1.81 bits per heavy atom. The van der Waals surface area contributed by atoms with Gasteiger partial charge in [0.05, 0.1) is 27.3 Å². The SMILES string of the molecule is COc1cc(C)c(C[NH+](C)CC(=O)N(C)C2(C#N)CCCCC2)cc1OC. The van der Waals surface area contributed by atoms with Gasteiger partial charge in [-0.05, 0) is 37.5 Å². The van der Waals surface area contributed by atoms with E-state index >= 15 is 0 Å². The number of nitrogens with one attached hydrogen (secondary N) is 1. The highest BCUT2D eigenvalue weighted by molar-refractivity contribution is 5.78. The van der Waals surface area contributed by atoms with Crippen molar-refractivity contribution in [2.45, 2.75) is 51.1 Å². The number of carbonyl (C=O) groups excluding carboxylic acids is 1. The highest BCUT2D eigenvalue weighted by Crippen LogP contribution is 2.32. The van der Waals surface area contributed by atoms with Gasteiger partial charge in [-0.2, -0.15) is 5.26 Å². The summed E-state index contributed by atoms with van der Waals surface area (Å²) in [5.41, 5.74) is 1.59. The van der Waals surface area contributed by atoms with Gasteiger partial charge < -0.3 is 19.3 Å². The van der Waals surface area contributed by atoms with Crippen LogP contribution < -0.4 is 14.4 Å². The lowest BCUT2D eigenvalue weighted by Crippen LogP contribution is -3.09. The van der Waals surface area contributed by atoms with Crippen LogP contribution in [0.4, 0.5) is 0 Å². The lowest BCUT2D eigenvalue weighted by Gasteiger charge is -2.39. The minimum Gasteiger partial charge on any atom is -0.493 e. The number of carbonyl (C=O) groups is 1. The number of rotatable bonds is 7. The van der Waals surface area contributed by atoms with Gasteiger partial charge in [-0.15, -0.1) is 0 Å². The van der Waals surface area contributed by atoms with E-state index in [-0.39, 0.29) is 5.91 Å². The molecule has 1 unspecified atom stereocenters. The smallest absolute Gasteiger partial charge is 0.278 e. The summed E-state index contributed by atoms with van der Waals surface area (Å²) in [5.74, 6) is 1.43. The molecule has 1 aromatic carbocycles. The average molecular weight is 375 g/mol. The van der Waals surface area contributed by atoms with Crippen LogP contribution in [0.2, 0.25) is 0 Å². The van der Waals surface area contributed by atoms with Crippen molar-refractivity contribution in [2.24, 2.45) is 0 Å². The maximum atomic E-state index is 12.8. The molecule has 0 aromatic heterocycles. The Morgan fingerprint density at radius 1 is 1.22 bits per heavy atom. The summed E-state index contributed by atoms with van der Waals surface area (Å²) in [6, 6.07) is 6.36. The topological polar surface area (TPSA) is 67.0 Å². The second-order valence-electron chi connectivity index (χ2n) is 7.60. The molecule has 6 nitrogen and oxygen atoms in total. The minimum absolute atomic E-state index is 0.0223. The zero-order valence-electron chi connectivity index (χ0n) is 17.2. The Kier molecular flexibility index (Phi) is 7.09. The summed E-state index contributed by atoms with van der Waals surface area (Å²) in [6.07, 6.45) is 4.73. The summed E-state index contributed by atoms with van der Waals surface area (Å²) >= 11 is 0. The predicted octanol–water partition coefficient (Wildman–Crippen LogP) is 1.71. The summed E-state index contributed by atoms with van der Waals surface area (Å²) in [7, 11) is 7.03. The molecule has 0 aliphatic heterocycles. The minimum atomic E-state index is -0.630. The second kappa shape index (κ2) is 9.09. The van der Waals surface area contributed by atoms with Gasteiger partial charge >= 0.3 is 0 Å². The third kappa shape index (κ3) is 4.72. The third-order valence-corrected chi connectivity index (χ3v) is 5.69. The van der Waals surface area contributed by atoms with E-state index in [0.717, 1.165) is 48.1 Å². The molecule has 1 aliphatic rings. The molecule has 1 aliphatic carbocycles. The van der Waals surface area contributed by atoms with Crippen molar-refractivity contribution in [3.8, 4) is 17.6 Å². The molecule has 6 heteroatoms. The van der Waals surface area contributed by atoms with Crippen LogP contribution in [0.1, 0.15) is 43.2 Å². The first-order valence-corrected chi connectivity index (χ1v) is 9.57. The van der Waals surface area contributed by atoms with E-state index in [1.807, 2.05) is 26.1 Å². The van der Waals surface area contributed by atoms with Gasteiger partial charge in [-0.25, -0.2) is 0 Å². The highest BCUT2D eigenvalue weighted by atomic mass is 16.5. The van der Waals surface area contributed by atoms with Crippen LogP contribution in [0.3, 0.4) is 0 Å². The van der Waals surface area contributed by atoms with Crippen molar-refractivity contribution in [3.63, 3.8) is 0 Å². The number of hydrogen-bond acceptors (Lipinski definition) is 4. The molecular weight excluding hydrogens is 342 g/mol. The van der Waals surface area contributed by atoms with E-state index in [9.17, 15) is 10.1 Å². The molecule has 0 bridgehead atoms. The van der Waals surface area contributed by atoms with Gasteiger partial charge in [-0.3, -0.25) is 4.79 Å². The molecule has 0 spiro atoms. The number of benzene rings is 1. The van der Waals surface area contributed by atoms with Crippen molar-refractivity contribution < 1.29 is 19.2 Å². The molecule has 1 N–H and O–H groups in total. The monoisotopic (exact) mass is 374 g/mol. The van der Waals surface area contributed by atoms with Gasteiger partial charge in [0.1, 0.15) is 12.1 Å². The third-order valence-electron chi connectivity index (χ3n) is 5.69. The Morgan fingerprint density at radius 3 is 2.37 bits per heavy atom. The molecule has 27 heavy (non-hydrogen) atoms. The van der Waals surface area contributed by atoms with Crippen LogP contribution in [0.5, 0.6) is 11.5 Å². The van der Waals surface area contributed by atoms with Crippen LogP contribution in [0, 0.1) is 18.3 Å². The maximum absolute atomic E-state index is 12.8. The number of amides is 1. The maximum Gasteiger partial charge on any atom is 0.278 e. The van der Waals surface area contributed by atoms with Crippen LogP contribution in [-0.4, -0.2) is 51.2 Å². The fraction of sp³-hybridized carbons (Fsp3) is 0.619. The van der Waals surface area contributed by atoms with Crippen molar-refractivity contribution in [1.82, 2.24) is 4.90 Å². The van der Waals surface area contributed by atoms with E-state index in [2.05, 4.69) is 6.07 Å². The first-order valence-electron chi connectivity index (χ1n) is 9.57. The van der Waals surface area contributed by atoms with Gasteiger partial charge in [0.2, 0.25) is 0 Å². The first-order chi connectivity index (χ1) is 12.9. The van der Waals surface area contributed by atoms with Crippen LogP contribution in [-0.2, 0) is 11.3 Å². The zero-order chi connectivity index (χ0) is 20.0. The van der Waals surface area contributed by atoms with E-state index < -0.39 is 5.54 Å². The molecule has 2 rings (SSSR count). The molecule has 1 fully saturated rings. The Balaban J connectivity index is 2.06. The number of methoxy groups -OCH3 is 2. The standard InChI is InChI=1S/C21H31N3O3/c1-16-11-18(26-4)19(27-5)12-17(16)13-23(2)14-20(25)24(3)21(15-22)9-7-6-8-10-21/h11-12H,6-10,13-14H2,1-5H3/p+1. The lowest BCUT2D eigenvalue weighted by molar-refractivity contribution is -0.885. The fourth-order valence-corrected chi connectivity index (χ4v) is 3.88. The first kappa shape index (κ1) is 21.0. The molecule has 0 saturated heterocycles. The van der Waals surface area contributed by atoms with E-state index in [1.165, 1.54) is 0 Å². The summed E-state index contributed by atoms with van der Waals surface area (Å²) in [4.78, 5) is 15.6. The van der Waals surface area contributed by atoms with E-state index in [0.29, 0.717) is 24.6 Å². The summed E-state index contributed by atoms with van der Waals surface area (Å²) in [5, 5.41) is 9.70. The summed E-state index contributed by atoms with van der Waals surface area (Å²) in [6.45, 7) is 3.09. The predicted molar refractivity (Wildman–Crippen MR) is 104 cm³/mol. The molecule has 1 saturated carbocycles. The summed E-state index contributed by atoms with van der Waals surface area (Å²) < 4.78 is 10.7. The Labute approximate surface area is 162 Å². The van der Waals surface area contributed by atoms with Gasteiger partial charge in [-0.1, -0.05) is 19.3 Å². The molecular formula is C21H32N3O3+. The van der Waals surface area contributed by atoms with Crippen LogP contribution in [0.25, 0.3) is 0 Å². The molecule has 1 atom stereocenters. The van der Waals surface area contributed by atoms with Crippen LogP contribution in [0.15, 0.2) is 12.1 Å². The van der Waals surface area contributed by atoms with Crippen molar-refractivity contribution in [1.29, 1.82) is 5.26 Å². The molecule has 0 heterocycles. The number of nitriles is 1. The molecule has 0 radical (unpaired) electrons. The van der Waals surface area contributed by atoms with Crippen molar-refractivity contribution >= 4 is 5.91 Å². The van der Waals surface area contributed by atoms with E-state index in [1.54, 1.807) is 26.2 Å². The second-order valence-corrected chi connectivity index (χ2v) is 7.60. The molecule has 1 amide bonds. The zero-order valence-corrected chi connectivity index (χ0v) is 17.2. The quantitative estimate of drug-likeness (QED) is 0.789. The molecule has 148 valence electrons. The molecule has 1 aromatic rings. The largest absolute Gasteiger partial charge is 0.493 e. The van der Waals surface area contributed by atoms with E-state index in [4.69, 9.17) is 9.47 Å².